The molecule has 1 aliphatic rings. The van der Waals surface area contributed by atoms with Gasteiger partial charge >= 0.3 is 0 Å². The standard InChI is InChI=1S/C18H23N3O2S/c1-12-11-24-17(21-12)18(2,3)20-10-16(22)19-9-14-8-13-6-4-5-7-15(13)23-14/h4-7,11,14,20H,8-10H2,1-3H3,(H,19,22)/t14-/m0/s1. The maximum absolute atomic E-state index is 12.1. The number of aryl methyl sites for hydroxylation is 1. The van der Waals surface area contributed by atoms with Gasteiger partial charge in [-0.2, -0.15) is 0 Å². The van der Waals surface area contributed by atoms with Crippen LogP contribution in [0.15, 0.2) is 29.6 Å². The third kappa shape index (κ3) is 3.94. The minimum absolute atomic E-state index is 0.0148. The average molecular weight is 345 g/mol. The highest BCUT2D eigenvalue weighted by Gasteiger charge is 2.25. The van der Waals surface area contributed by atoms with Gasteiger partial charge in [0.2, 0.25) is 5.91 Å². The number of aromatic nitrogens is 1. The summed E-state index contributed by atoms with van der Waals surface area (Å²) in [6.07, 6.45) is 0.856. The van der Waals surface area contributed by atoms with E-state index < -0.39 is 0 Å². The molecule has 3 rings (SSSR count). The predicted octanol–water partition coefficient (Wildman–Crippen LogP) is 2.40. The number of amides is 1. The lowest BCUT2D eigenvalue weighted by atomic mass is 10.1. The minimum Gasteiger partial charge on any atom is -0.488 e. The number of nitrogens with one attached hydrogen (secondary N) is 2. The lowest BCUT2D eigenvalue weighted by Crippen LogP contribution is -2.45. The molecule has 1 atom stereocenters. The Kier molecular flexibility index (Phi) is 4.87. The summed E-state index contributed by atoms with van der Waals surface area (Å²) in [5, 5.41) is 9.23. The highest BCUT2D eigenvalue weighted by molar-refractivity contribution is 7.09. The molecular formula is C18H23N3O2S. The number of ether oxygens (including phenoxy) is 1. The molecule has 2 aromatic rings. The Morgan fingerprint density at radius 2 is 2.21 bits per heavy atom. The van der Waals surface area contributed by atoms with Gasteiger partial charge in [0.25, 0.3) is 0 Å². The van der Waals surface area contributed by atoms with E-state index in [0.29, 0.717) is 6.54 Å². The zero-order chi connectivity index (χ0) is 17.2. The van der Waals surface area contributed by atoms with E-state index in [2.05, 4.69) is 21.7 Å². The Morgan fingerprint density at radius 1 is 1.42 bits per heavy atom. The molecule has 0 unspecified atom stereocenters. The van der Waals surface area contributed by atoms with Crippen molar-refractivity contribution in [2.75, 3.05) is 13.1 Å². The number of thiazole rings is 1. The minimum atomic E-state index is -0.323. The van der Waals surface area contributed by atoms with Gasteiger partial charge in [0.05, 0.1) is 18.6 Å². The molecule has 1 aromatic carbocycles. The van der Waals surface area contributed by atoms with Crippen LogP contribution in [0, 0.1) is 6.92 Å². The summed E-state index contributed by atoms with van der Waals surface area (Å²) in [6.45, 7) is 6.82. The molecule has 0 aliphatic carbocycles. The van der Waals surface area contributed by atoms with Gasteiger partial charge in [-0.05, 0) is 32.4 Å². The van der Waals surface area contributed by atoms with Gasteiger partial charge in [-0.15, -0.1) is 11.3 Å². The van der Waals surface area contributed by atoms with Gasteiger partial charge < -0.3 is 10.1 Å². The zero-order valence-corrected chi connectivity index (χ0v) is 15.1. The molecule has 1 aromatic heterocycles. The maximum atomic E-state index is 12.1. The van der Waals surface area contributed by atoms with Crippen LogP contribution >= 0.6 is 11.3 Å². The first-order valence-electron chi connectivity index (χ1n) is 8.13. The topological polar surface area (TPSA) is 63.2 Å². The summed E-state index contributed by atoms with van der Waals surface area (Å²) in [6, 6.07) is 8.01. The lowest BCUT2D eigenvalue weighted by molar-refractivity contribution is -0.120. The van der Waals surface area contributed by atoms with Crippen LogP contribution in [0.25, 0.3) is 0 Å². The van der Waals surface area contributed by atoms with Crippen molar-refractivity contribution in [2.45, 2.75) is 38.8 Å². The fourth-order valence-electron chi connectivity index (χ4n) is 2.68. The van der Waals surface area contributed by atoms with Crippen molar-refractivity contribution in [3.8, 4) is 5.75 Å². The fourth-order valence-corrected chi connectivity index (χ4v) is 3.57. The van der Waals surface area contributed by atoms with E-state index >= 15 is 0 Å². The van der Waals surface area contributed by atoms with E-state index in [4.69, 9.17) is 4.74 Å². The number of hydrogen-bond acceptors (Lipinski definition) is 5. The van der Waals surface area contributed by atoms with Crippen LogP contribution in [0.3, 0.4) is 0 Å². The monoisotopic (exact) mass is 345 g/mol. The van der Waals surface area contributed by atoms with Crippen LogP contribution < -0.4 is 15.4 Å². The smallest absolute Gasteiger partial charge is 0.234 e. The van der Waals surface area contributed by atoms with E-state index in [1.54, 1.807) is 11.3 Å². The third-order valence-electron chi connectivity index (χ3n) is 4.09. The molecule has 0 saturated carbocycles. The van der Waals surface area contributed by atoms with Gasteiger partial charge in [0.15, 0.2) is 0 Å². The predicted molar refractivity (Wildman–Crippen MR) is 95.5 cm³/mol. The van der Waals surface area contributed by atoms with E-state index in [1.165, 1.54) is 5.56 Å². The Balaban J connectivity index is 1.44. The molecule has 0 fully saturated rings. The lowest BCUT2D eigenvalue weighted by Gasteiger charge is -2.23. The second-order valence-electron chi connectivity index (χ2n) is 6.63. The van der Waals surface area contributed by atoms with Gasteiger partial charge in [0, 0.05) is 17.5 Å². The Morgan fingerprint density at radius 3 is 2.92 bits per heavy atom. The van der Waals surface area contributed by atoms with Crippen molar-refractivity contribution in [1.82, 2.24) is 15.6 Å². The zero-order valence-electron chi connectivity index (χ0n) is 14.3. The summed E-state index contributed by atoms with van der Waals surface area (Å²) in [5.74, 6) is 0.894. The number of fused-ring (bicyclic) bond motifs is 1. The summed E-state index contributed by atoms with van der Waals surface area (Å²) in [7, 11) is 0. The second-order valence-corrected chi connectivity index (χ2v) is 7.49. The molecule has 0 radical (unpaired) electrons. The van der Waals surface area contributed by atoms with Crippen LogP contribution in [0.2, 0.25) is 0 Å². The molecule has 128 valence electrons. The van der Waals surface area contributed by atoms with E-state index in [0.717, 1.165) is 22.9 Å². The maximum Gasteiger partial charge on any atom is 0.234 e. The molecule has 1 aliphatic heterocycles. The highest BCUT2D eigenvalue weighted by atomic mass is 32.1. The number of carbonyl (C=O) groups is 1. The SMILES string of the molecule is Cc1csc(C(C)(C)NCC(=O)NC[C@@H]2Cc3ccccc3O2)n1. The van der Waals surface area contributed by atoms with Crippen molar-refractivity contribution in [3.63, 3.8) is 0 Å². The average Bonchev–Trinajstić information content (AvgIpc) is 3.17. The summed E-state index contributed by atoms with van der Waals surface area (Å²) in [4.78, 5) is 16.6. The number of rotatable bonds is 6. The Hall–Kier alpha value is -1.92. The molecule has 0 spiro atoms. The van der Waals surface area contributed by atoms with Crippen molar-refractivity contribution >= 4 is 17.2 Å². The van der Waals surface area contributed by atoms with Crippen LogP contribution in [-0.4, -0.2) is 30.1 Å². The molecule has 24 heavy (non-hydrogen) atoms. The number of hydrogen-bond donors (Lipinski definition) is 2. The van der Waals surface area contributed by atoms with Crippen LogP contribution in [-0.2, 0) is 16.8 Å². The molecule has 0 bridgehead atoms. The van der Waals surface area contributed by atoms with Crippen LogP contribution in [0.4, 0.5) is 0 Å². The van der Waals surface area contributed by atoms with Gasteiger partial charge in [0.1, 0.15) is 16.9 Å². The largest absolute Gasteiger partial charge is 0.488 e. The number of benzene rings is 1. The van der Waals surface area contributed by atoms with Gasteiger partial charge in [-0.3, -0.25) is 10.1 Å². The molecule has 2 heterocycles. The Bertz CT molecular complexity index is 702. The van der Waals surface area contributed by atoms with Crippen molar-refractivity contribution in [1.29, 1.82) is 0 Å². The van der Waals surface area contributed by atoms with E-state index in [-0.39, 0.29) is 24.1 Å². The summed E-state index contributed by atoms with van der Waals surface area (Å²) >= 11 is 1.61. The van der Waals surface area contributed by atoms with Gasteiger partial charge in [-0.1, -0.05) is 18.2 Å². The first-order valence-corrected chi connectivity index (χ1v) is 9.01. The third-order valence-corrected chi connectivity index (χ3v) is 5.37. The molecule has 6 heteroatoms. The molecular weight excluding hydrogens is 322 g/mol. The molecule has 1 amide bonds. The first-order chi connectivity index (χ1) is 11.4. The van der Waals surface area contributed by atoms with Crippen LogP contribution in [0.5, 0.6) is 5.75 Å². The van der Waals surface area contributed by atoms with E-state index in [9.17, 15) is 4.79 Å². The quantitative estimate of drug-likeness (QED) is 0.844. The molecule has 5 nitrogen and oxygen atoms in total. The fraction of sp³-hybridized carbons (Fsp3) is 0.444. The number of nitrogens with zero attached hydrogens (tertiary/aromatic N) is 1. The van der Waals surface area contributed by atoms with Crippen molar-refractivity contribution < 1.29 is 9.53 Å². The Labute approximate surface area is 146 Å². The summed E-state index contributed by atoms with van der Waals surface area (Å²) in [5.41, 5.74) is 1.89. The van der Waals surface area contributed by atoms with Crippen molar-refractivity contribution in [2.24, 2.45) is 0 Å². The summed E-state index contributed by atoms with van der Waals surface area (Å²) < 4.78 is 5.83. The van der Waals surface area contributed by atoms with Crippen LogP contribution in [0.1, 0.15) is 30.1 Å². The van der Waals surface area contributed by atoms with E-state index in [1.807, 2.05) is 44.4 Å². The normalized spacial score (nSPS) is 16.5. The molecule has 0 saturated heterocycles. The first kappa shape index (κ1) is 16.9. The second kappa shape index (κ2) is 6.91. The van der Waals surface area contributed by atoms with Gasteiger partial charge in [-0.25, -0.2) is 4.98 Å². The highest BCUT2D eigenvalue weighted by Crippen LogP contribution is 2.27. The number of carbonyl (C=O) groups excluding carboxylic acids is 1. The van der Waals surface area contributed by atoms with Crippen molar-refractivity contribution in [3.05, 3.63) is 45.9 Å². The number of para-hydroxylation sites is 1. The molecule has 2 N–H and O–H groups in total.